The number of benzene rings is 2. The molecular weight excluding hydrogens is 295 g/mol. The van der Waals surface area contributed by atoms with Crippen molar-refractivity contribution in [3.8, 4) is 0 Å². The minimum Gasteiger partial charge on any atom is -0.398 e. The highest BCUT2D eigenvalue weighted by atomic mass is 32.2. The summed E-state index contributed by atoms with van der Waals surface area (Å²) < 4.78 is 37.6. The predicted octanol–water partition coefficient (Wildman–Crippen LogP) is 5.09. The van der Waals surface area contributed by atoms with E-state index in [2.05, 4.69) is 0 Å². The summed E-state index contributed by atoms with van der Waals surface area (Å²) in [5.41, 5.74) is 6.19. The van der Waals surface area contributed by atoms with Crippen molar-refractivity contribution in [1.29, 1.82) is 0 Å². The number of nitrogens with two attached hydrogens (primary N) is 1. The maximum atomic E-state index is 12.5. The molecule has 0 aliphatic heterocycles. The van der Waals surface area contributed by atoms with Crippen molar-refractivity contribution < 1.29 is 13.2 Å². The molecule has 0 aliphatic carbocycles. The molecule has 0 aromatic heterocycles. The summed E-state index contributed by atoms with van der Waals surface area (Å²) in [6.07, 6.45) is -0.436. The van der Waals surface area contributed by atoms with E-state index in [9.17, 15) is 13.2 Å². The van der Waals surface area contributed by atoms with Gasteiger partial charge < -0.3 is 5.73 Å². The third-order valence-electron chi connectivity index (χ3n) is 2.78. The highest BCUT2D eigenvalue weighted by Crippen LogP contribution is 2.34. The van der Waals surface area contributed by atoms with E-state index in [1.54, 1.807) is 0 Å². The van der Waals surface area contributed by atoms with E-state index in [0.29, 0.717) is 10.6 Å². The first-order valence-electron chi connectivity index (χ1n) is 6.28. The van der Waals surface area contributed by atoms with E-state index >= 15 is 0 Å². The van der Waals surface area contributed by atoms with Gasteiger partial charge in [-0.05, 0) is 23.8 Å². The van der Waals surface area contributed by atoms with Crippen molar-refractivity contribution in [2.45, 2.75) is 11.1 Å². The molecule has 110 valence electrons. The summed E-state index contributed by atoms with van der Waals surface area (Å²) in [4.78, 5) is 0.653. The quantitative estimate of drug-likeness (QED) is 0.628. The Balaban J connectivity index is 1.96. The Hall–Kier alpha value is -1.88. The zero-order valence-corrected chi connectivity index (χ0v) is 11.9. The molecule has 0 spiro atoms. The average Bonchev–Trinajstić information content (AvgIpc) is 2.45. The van der Waals surface area contributed by atoms with Gasteiger partial charge in [0.2, 0.25) is 0 Å². The molecule has 1 nitrogen and oxygen atoms in total. The Morgan fingerprint density at radius 3 is 2.38 bits per heavy atom. The Morgan fingerprint density at radius 2 is 1.76 bits per heavy atom. The van der Waals surface area contributed by atoms with Crippen molar-refractivity contribution in [3.63, 3.8) is 0 Å². The van der Waals surface area contributed by atoms with E-state index in [1.807, 2.05) is 42.5 Å². The van der Waals surface area contributed by atoms with Crippen LogP contribution in [0.1, 0.15) is 11.1 Å². The van der Waals surface area contributed by atoms with Gasteiger partial charge in [0, 0.05) is 16.3 Å². The van der Waals surface area contributed by atoms with Crippen LogP contribution in [0.4, 0.5) is 18.9 Å². The number of hydrogen-bond donors (Lipinski definition) is 1. The predicted molar refractivity (Wildman–Crippen MR) is 82.1 cm³/mol. The Kier molecular flexibility index (Phi) is 4.96. The Bertz CT molecular complexity index is 621. The first-order chi connectivity index (χ1) is 9.97. The standard InChI is InChI=1S/C16H14F3NS/c17-16(18,19)13-8-9-15(14(20)11-13)21-10-4-7-12-5-2-1-3-6-12/h1-9,11H,10,20H2/b7-4+. The number of nitrogen functional groups attached to an aromatic ring is 1. The highest BCUT2D eigenvalue weighted by Gasteiger charge is 2.30. The van der Waals surface area contributed by atoms with Crippen molar-refractivity contribution >= 4 is 23.5 Å². The van der Waals surface area contributed by atoms with E-state index in [1.165, 1.54) is 17.8 Å². The largest absolute Gasteiger partial charge is 0.416 e. The lowest BCUT2D eigenvalue weighted by molar-refractivity contribution is -0.137. The lowest BCUT2D eigenvalue weighted by atomic mass is 10.2. The molecular formula is C16H14F3NS. The maximum absolute atomic E-state index is 12.5. The van der Waals surface area contributed by atoms with E-state index in [4.69, 9.17) is 5.73 Å². The molecule has 0 fully saturated rings. The van der Waals surface area contributed by atoms with Crippen molar-refractivity contribution in [2.24, 2.45) is 0 Å². The van der Waals surface area contributed by atoms with Crippen LogP contribution in [0.25, 0.3) is 6.08 Å². The van der Waals surface area contributed by atoms with Gasteiger partial charge in [0.25, 0.3) is 0 Å². The SMILES string of the molecule is Nc1cc(C(F)(F)F)ccc1SC/C=C/c1ccccc1. The first kappa shape index (κ1) is 15.5. The smallest absolute Gasteiger partial charge is 0.398 e. The van der Waals surface area contributed by atoms with Crippen LogP contribution in [0.5, 0.6) is 0 Å². The van der Waals surface area contributed by atoms with Crippen LogP contribution in [0.2, 0.25) is 0 Å². The number of hydrogen-bond acceptors (Lipinski definition) is 2. The van der Waals surface area contributed by atoms with E-state index in [0.717, 1.165) is 17.7 Å². The molecule has 2 aromatic rings. The monoisotopic (exact) mass is 309 g/mol. The number of thioether (sulfide) groups is 1. The number of rotatable bonds is 4. The summed E-state index contributed by atoms with van der Waals surface area (Å²) in [6, 6.07) is 13.2. The fraction of sp³-hybridized carbons (Fsp3) is 0.125. The highest BCUT2D eigenvalue weighted by molar-refractivity contribution is 7.99. The third-order valence-corrected chi connectivity index (χ3v) is 3.82. The summed E-state index contributed by atoms with van der Waals surface area (Å²) in [7, 11) is 0. The first-order valence-corrected chi connectivity index (χ1v) is 7.26. The minimum absolute atomic E-state index is 0.155. The van der Waals surface area contributed by atoms with Crippen molar-refractivity contribution in [2.75, 3.05) is 11.5 Å². The van der Waals surface area contributed by atoms with Crippen LogP contribution in [-0.4, -0.2) is 5.75 Å². The summed E-state index contributed by atoms with van der Waals surface area (Å²) in [5.74, 6) is 0.643. The lowest BCUT2D eigenvalue weighted by Crippen LogP contribution is -2.05. The molecule has 0 atom stereocenters. The molecule has 2 N–H and O–H groups in total. The third kappa shape index (κ3) is 4.56. The fourth-order valence-corrected chi connectivity index (χ4v) is 2.50. The molecule has 0 amide bonds. The molecule has 0 saturated heterocycles. The van der Waals surface area contributed by atoms with Gasteiger partial charge in [-0.25, -0.2) is 0 Å². The molecule has 0 saturated carbocycles. The van der Waals surface area contributed by atoms with Crippen LogP contribution in [0.15, 0.2) is 59.5 Å². The fourth-order valence-electron chi connectivity index (χ4n) is 1.74. The maximum Gasteiger partial charge on any atom is 0.416 e. The second-order valence-corrected chi connectivity index (χ2v) is 5.44. The van der Waals surface area contributed by atoms with Gasteiger partial charge in [0.15, 0.2) is 0 Å². The molecule has 0 radical (unpaired) electrons. The molecule has 21 heavy (non-hydrogen) atoms. The normalized spacial score (nSPS) is 12.0. The number of halogens is 3. The van der Waals surface area contributed by atoms with Crippen LogP contribution < -0.4 is 5.73 Å². The molecule has 5 heteroatoms. The second-order valence-electron chi connectivity index (χ2n) is 4.37. The van der Waals surface area contributed by atoms with Gasteiger partial charge in [-0.3, -0.25) is 0 Å². The van der Waals surface area contributed by atoms with E-state index < -0.39 is 11.7 Å². The van der Waals surface area contributed by atoms with Crippen LogP contribution in [0.3, 0.4) is 0 Å². The van der Waals surface area contributed by atoms with Crippen molar-refractivity contribution in [3.05, 3.63) is 65.7 Å². The van der Waals surface area contributed by atoms with Gasteiger partial charge >= 0.3 is 6.18 Å². The molecule has 0 bridgehead atoms. The Labute approximate surface area is 125 Å². The lowest BCUT2D eigenvalue weighted by Gasteiger charge is -2.09. The van der Waals surface area contributed by atoms with Gasteiger partial charge in [0.05, 0.1) is 5.56 Å². The van der Waals surface area contributed by atoms with Gasteiger partial charge in [-0.1, -0.05) is 42.5 Å². The average molecular weight is 309 g/mol. The van der Waals surface area contributed by atoms with Crippen LogP contribution in [0, 0.1) is 0 Å². The minimum atomic E-state index is -4.36. The van der Waals surface area contributed by atoms with Gasteiger partial charge in [-0.15, -0.1) is 11.8 Å². The Morgan fingerprint density at radius 1 is 1.05 bits per heavy atom. The van der Waals surface area contributed by atoms with Crippen LogP contribution >= 0.6 is 11.8 Å². The summed E-state index contributed by atoms with van der Waals surface area (Å²) in [5, 5.41) is 0. The topological polar surface area (TPSA) is 26.0 Å². The van der Waals surface area contributed by atoms with Gasteiger partial charge in [-0.2, -0.15) is 13.2 Å². The number of alkyl halides is 3. The van der Waals surface area contributed by atoms with Crippen LogP contribution in [-0.2, 0) is 6.18 Å². The molecule has 0 aliphatic rings. The van der Waals surface area contributed by atoms with E-state index in [-0.39, 0.29) is 5.69 Å². The molecule has 2 rings (SSSR count). The van der Waals surface area contributed by atoms with Gasteiger partial charge in [0.1, 0.15) is 0 Å². The summed E-state index contributed by atoms with van der Waals surface area (Å²) in [6.45, 7) is 0. The van der Waals surface area contributed by atoms with Crippen molar-refractivity contribution in [1.82, 2.24) is 0 Å². The molecule has 0 heterocycles. The zero-order valence-electron chi connectivity index (χ0n) is 11.1. The second kappa shape index (κ2) is 6.72. The number of anilines is 1. The zero-order chi connectivity index (χ0) is 15.3. The molecule has 2 aromatic carbocycles. The summed E-state index contributed by atoms with van der Waals surface area (Å²) >= 11 is 1.41. The molecule has 0 unspecified atom stereocenters.